The number of hydrogen-bond acceptors (Lipinski definition) is 0. The van der Waals surface area contributed by atoms with E-state index >= 15 is 0 Å². The summed E-state index contributed by atoms with van der Waals surface area (Å²) in [5.41, 5.74) is 6.19. The van der Waals surface area contributed by atoms with Crippen LogP contribution in [0.1, 0.15) is 62.3 Å². The first-order chi connectivity index (χ1) is 9.68. The van der Waals surface area contributed by atoms with Crippen LogP contribution in [0.5, 0.6) is 0 Å². The summed E-state index contributed by atoms with van der Waals surface area (Å²) < 4.78 is 0. The van der Waals surface area contributed by atoms with Gasteiger partial charge in [0, 0.05) is 5.38 Å². The van der Waals surface area contributed by atoms with Crippen molar-refractivity contribution in [1.82, 2.24) is 0 Å². The molecule has 0 heterocycles. The molecule has 1 aromatic carbocycles. The minimum atomic E-state index is 0.351. The highest BCUT2D eigenvalue weighted by molar-refractivity contribution is 6.20. The van der Waals surface area contributed by atoms with Crippen molar-refractivity contribution < 1.29 is 0 Å². The van der Waals surface area contributed by atoms with Crippen LogP contribution in [-0.2, 0) is 6.42 Å². The van der Waals surface area contributed by atoms with Crippen molar-refractivity contribution in [2.24, 2.45) is 17.3 Å². The minimum absolute atomic E-state index is 0.351. The van der Waals surface area contributed by atoms with Gasteiger partial charge in [0.1, 0.15) is 0 Å². The molecule has 0 radical (unpaired) electrons. The number of alkyl halides is 1. The zero-order chi connectivity index (χ0) is 15.8. The van der Waals surface area contributed by atoms with E-state index in [-0.39, 0.29) is 0 Å². The van der Waals surface area contributed by atoms with Gasteiger partial charge in [-0.25, -0.2) is 0 Å². The second kappa shape index (κ2) is 6.32. The molecule has 3 atom stereocenters. The van der Waals surface area contributed by atoms with Gasteiger partial charge < -0.3 is 0 Å². The molecule has 1 heteroatoms. The van der Waals surface area contributed by atoms with E-state index in [0.29, 0.717) is 16.7 Å². The lowest BCUT2D eigenvalue weighted by Gasteiger charge is -2.40. The van der Waals surface area contributed by atoms with Crippen LogP contribution in [0.25, 0.3) is 0 Å². The van der Waals surface area contributed by atoms with Crippen LogP contribution in [0.3, 0.4) is 0 Å². The van der Waals surface area contributed by atoms with Gasteiger partial charge >= 0.3 is 0 Å². The Morgan fingerprint density at radius 3 is 2.14 bits per heavy atom. The van der Waals surface area contributed by atoms with Gasteiger partial charge in [-0.3, -0.25) is 0 Å². The summed E-state index contributed by atoms with van der Waals surface area (Å²) in [6, 6.07) is 4.63. The predicted molar refractivity (Wildman–Crippen MR) is 94.3 cm³/mol. The van der Waals surface area contributed by atoms with Gasteiger partial charge in [0.25, 0.3) is 0 Å². The first kappa shape index (κ1) is 16.9. The fourth-order valence-corrected chi connectivity index (χ4v) is 4.34. The van der Waals surface area contributed by atoms with Gasteiger partial charge in [-0.2, -0.15) is 0 Å². The third-order valence-corrected chi connectivity index (χ3v) is 6.00. The molecule has 0 N–H and O–H groups in total. The number of benzene rings is 1. The maximum absolute atomic E-state index is 6.68. The Morgan fingerprint density at radius 2 is 1.62 bits per heavy atom. The molecule has 1 aliphatic carbocycles. The largest absolute Gasteiger partial charge is 0.123 e. The van der Waals surface area contributed by atoms with E-state index in [1.807, 2.05) is 0 Å². The SMILES string of the molecule is Cc1cc(C)c(CC2CC(C(C)(C)C)CCC2Cl)c(C)c1. The number of rotatable bonds is 2. The zero-order valence-corrected chi connectivity index (χ0v) is 15.3. The van der Waals surface area contributed by atoms with E-state index < -0.39 is 0 Å². The highest BCUT2D eigenvalue weighted by atomic mass is 35.5. The minimum Gasteiger partial charge on any atom is -0.123 e. The normalized spacial score (nSPS) is 26.9. The Bertz CT molecular complexity index is 472. The summed E-state index contributed by atoms with van der Waals surface area (Å²) >= 11 is 6.68. The van der Waals surface area contributed by atoms with Crippen LogP contribution >= 0.6 is 11.6 Å². The highest BCUT2D eigenvalue weighted by Gasteiger charge is 2.35. The molecule has 21 heavy (non-hydrogen) atoms. The number of halogens is 1. The molecule has 3 unspecified atom stereocenters. The van der Waals surface area contributed by atoms with Gasteiger partial charge in [0.15, 0.2) is 0 Å². The molecular formula is C20H31Cl. The first-order valence-electron chi connectivity index (χ1n) is 8.39. The van der Waals surface area contributed by atoms with E-state index in [1.165, 1.54) is 41.5 Å². The smallest absolute Gasteiger partial charge is 0.0367 e. The lowest BCUT2D eigenvalue weighted by Crippen LogP contribution is -2.33. The molecule has 1 fully saturated rings. The van der Waals surface area contributed by atoms with Gasteiger partial charge in [-0.15, -0.1) is 11.6 Å². The summed E-state index contributed by atoms with van der Waals surface area (Å²) in [4.78, 5) is 0. The van der Waals surface area contributed by atoms with Crippen LogP contribution < -0.4 is 0 Å². The lowest BCUT2D eigenvalue weighted by atomic mass is 9.67. The molecular weight excluding hydrogens is 276 g/mol. The van der Waals surface area contributed by atoms with Gasteiger partial charge in [0.2, 0.25) is 0 Å². The molecule has 0 amide bonds. The van der Waals surface area contributed by atoms with Crippen molar-refractivity contribution in [2.75, 3.05) is 0 Å². The first-order valence-corrected chi connectivity index (χ1v) is 8.83. The summed E-state index contributed by atoms with van der Waals surface area (Å²) in [7, 11) is 0. The quantitative estimate of drug-likeness (QED) is 0.569. The van der Waals surface area contributed by atoms with Crippen molar-refractivity contribution in [1.29, 1.82) is 0 Å². The highest BCUT2D eigenvalue weighted by Crippen LogP contribution is 2.43. The summed E-state index contributed by atoms with van der Waals surface area (Å²) in [5.74, 6) is 1.44. The molecule has 2 rings (SSSR count). The fraction of sp³-hybridized carbons (Fsp3) is 0.700. The van der Waals surface area contributed by atoms with Crippen molar-refractivity contribution >= 4 is 11.6 Å². The molecule has 0 aromatic heterocycles. The van der Waals surface area contributed by atoms with Crippen LogP contribution in [0, 0.1) is 38.0 Å². The van der Waals surface area contributed by atoms with Gasteiger partial charge in [0.05, 0.1) is 0 Å². The predicted octanol–water partition coefficient (Wildman–Crippen LogP) is 6.22. The van der Waals surface area contributed by atoms with Crippen molar-refractivity contribution in [2.45, 2.75) is 72.6 Å². The Hall–Kier alpha value is -0.490. The monoisotopic (exact) mass is 306 g/mol. The van der Waals surface area contributed by atoms with Crippen molar-refractivity contribution in [3.05, 3.63) is 34.4 Å². The molecule has 1 aromatic rings. The average molecular weight is 307 g/mol. The van der Waals surface area contributed by atoms with E-state index in [4.69, 9.17) is 11.6 Å². The average Bonchev–Trinajstić information content (AvgIpc) is 2.34. The summed E-state index contributed by atoms with van der Waals surface area (Å²) in [5, 5.41) is 0.351. The number of hydrogen-bond donors (Lipinski definition) is 0. The van der Waals surface area contributed by atoms with Crippen molar-refractivity contribution in [3.8, 4) is 0 Å². The van der Waals surface area contributed by atoms with E-state index in [1.54, 1.807) is 0 Å². The third-order valence-electron chi connectivity index (χ3n) is 5.42. The second-order valence-corrected chi connectivity index (χ2v) is 8.79. The standard InChI is InChI=1S/C20H31Cl/c1-13-9-14(2)18(15(3)10-13)12-16-11-17(20(4,5)6)7-8-19(16)21/h9-10,16-17,19H,7-8,11-12H2,1-6H3. The van der Waals surface area contributed by atoms with Crippen molar-refractivity contribution in [3.63, 3.8) is 0 Å². The molecule has 118 valence electrons. The summed E-state index contributed by atoms with van der Waals surface area (Å²) in [6.07, 6.45) is 4.90. The topological polar surface area (TPSA) is 0 Å². The van der Waals surface area contributed by atoms with Crippen LogP contribution in [0.2, 0.25) is 0 Å². The Morgan fingerprint density at radius 1 is 1.05 bits per heavy atom. The maximum atomic E-state index is 6.68. The Labute approximate surface area is 136 Å². The molecule has 0 bridgehead atoms. The van der Waals surface area contributed by atoms with E-state index in [0.717, 1.165) is 12.3 Å². The molecule has 0 nitrogen and oxygen atoms in total. The van der Waals surface area contributed by atoms with Gasteiger partial charge in [-0.05, 0) is 80.4 Å². The van der Waals surface area contributed by atoms with E-state index in [9.17, 15) is 0 Å². The molecule has 1 aliphatic rings. The Kier molecular flexibility index (Phi) is 5.08. The second-order valence-electron chi connectivity index (χ2n) is 8.23. The fourth-order valence-electron chi connectivity index (χ4n) is 4.02. The third kappa shape index (κ3) is 4.03. The maximum Gasteiger partial charge on any atom is 0.0367 e. The molecule has 1 saturated carbocycles. The van der Waals surface area contributed by atoms with Crippen LogP contribution in [0.15, 0.2) is 12.1 Å². The zero-order valence-electron chi connectivity index (χ0n) is 14.6. The lowest BCUT2D eigenvalue weighted by molar-refractivity contribution is 0.144. The Balaban J connectivity index is 2.18. The summed E-state index contributed by atoms with van der Waals surface area (Å²) in [6.45, 7) is 13.8. The van der Waals surface area contributed by atoms with Gasteiger partial charge in [-0.1, -0.05) is 38.5 Å². The molecule has 0 saturated heterocycles. The van der Waals surface area contributed by atoms with Crippen LogP contribution in [0.4, 0.5) is 0 Å². The molecule has 0 spiro atoms. The van der Waals surface area contributed by atoms with E-state index in [2.05, 4.69) is 53.7 Å². The number of aryl methyl sites for hydroxylation is 3. The van der Waals surface area contributed by atoms with Crippen LogP contribution in [-0.4, -0.2) is 5.38 Å². The molecule has 0 aliphatic heterocycles.